The molecule has 0 bridgehead atoms. The predicted octanol–water partition coefficient (Wildman–Crippen LogP) is 2.63. The summed E-state index contributed by atoms with van der Waals surface area (Å²) in [4.78, 5) is 14.3. The van der Waals surface area contributed by atoms with Crippen LogP contribution >= 0.6 is 23.2 Å². The Morgan fingerprint density at radius 3 is 2.33 bits per heavy atom. The first kappa shape index (κ1) is 16.6. The van der Waals surface area contributed by atoms with Gasteiger partial charge in [-0.25, -0.2) is 0 Å². The van der Waals surface area contributed by atoms with Crippen LogP contribution in [0.1, 0.15) is 30.9 Å². The van der Waals surface area contributed by atoms with Crippen molar-refractivity contribution in [2.45, 2.75) is 30.9 Å². The molecule has 116 valence electrons. The number of aliphatic hydroxyl groups is 1. The summed E-state index contributed by atoms with van der Waals surface area (Å²) in [6, 6.07) is 4.90. The van der Waals surface area contributed by atoms with E-state index >= 15 is 0 Å². The second-order valence-corrected chi connectivity index (χ2v) is 6.58. The molecule has 1 aliphatic rings. The van der Waals surface area contributed by atoms with Gasteiger partial charge in [0.25, 0.3) is 0 Å². The second-order valence-electron chi connectivity index (χ2n) is 5.71. The molecule has 21 heavy (non-hydrogen) atoms. The molecule has 0 radical (unpaired) electrons. The summed E-state index contributed by atoms with van der Waals surface area (Å²) in [6.07, 6.45) is 1.93. The van der Waals surface area contributed by atoms with Crippen LogP contribution in [-0.4, -0.2) is 42.1 Å². The average Bonchev–Trinajstić information content (AvgIpc) is 2.32. The average molecular weight is 331 g/mol. The normalized spacial score (nSPS) is 18.2. The Balaban J connectivity index is 1.97. The Bertz CT molecular complexity index is 510. The van der Waals surface area contributed by atoms with Crippen molar-refractivity contribution in [3.8, 4) is 0 Å². The minimum Gasteiger partial charge on any atom is -0.387 e. The van der Waals surface area contributed by atoms with Gasteiger partial charge in [0, 0.05) is 16.6 Å². The smallest absolute Gasteiger partial charge is 0.240 e. The molecular formula is C15H20Cl2N2O2. The maximum Gasteiger partial charge on any atom is 0.240 e. The molecule has 0 aliphatic heterocycles. The number of carbonyl (C=O) groups excluding carboxylic acids is 1. The molecule has 1 saturated carbocycles. The minimum absolute atomic E-state index is 0.0362. The molecule has 2 N–H and O–H groups in total. The molecule has 1 amide bonds. The number of carbonyl (C=O) groups is 1. The standard InChI is InChI=1S/C15H20Cl2N2O2/c1-19(2)15(4-3-5-15)14(21)18-9-13(20)10-6-11(16)8-12(17)7-10/h6-8,13,20H,3-5,9H2,1-2H3,(H,18,21). The van der Waals surface area contributed by atoms with Gasteiger partial charge in [-0.15, -0.1) is 0 Å². The van der Waals surface area contributed by atoms with Gasteiger partial charge >= 0.3 is 0 Å². The highest BCUT2D eigenvalue weighted by Gasteiger charge is 2.45. The Labute approximate surface area is 135 Å². The lowest BCUT2D eigenvalue weighted by atomic mass is 9.75. The fourth-order valence-electron chi connectivity index (χ4n) is 2.63. The first-order valence-electron chi connectivity index (χ1n) is 6.95. The summed E-state index contributed by atoms with van der Waals surface area (Å²) in [5.74, 6) is -0.0362. The van der Waals surface area contributed by atoms with E-state index in [1.54, 1.807) is 18.2 Å². The quantitative estimate of drug-likeness (QED) is 0.872. The van der Waals surface area contributed by atoms with Crippen LogP contribution in [0.25, 0.3) is 0 Å². The third kappa shape index (κ3) is 3.51. The monoisotopic (exact) mass is 330 g/mol. The fourth-order valence-corrected chi connectivity index (χ4v) is 3.17. The molecule has 0 aromatic heterocycles. The molecule has 1 aliphatic carbocycles. The lowest BCUT2D eigenvalue weighted by molar-refractivity contribution is -0.137. The van der Waals surface area contributed by atoms with Gasteiger partial charge in [-0.1, -0.05) is 23.2 Å². The van der Waals surface area contributed by atoms with E-state index in [-0.39, 0.29) is 12.5 Å². The minimum atomic E-state index is -0.829. The van der Waals surface area contributed by atoms with E-state index in [0.717, 1.165) is 19.3 Å². The summed E-state index contributed by atoms with van der Waals surface area (Å²) in [5.41, 5.74) is 0.173. The molecule has 1 aromatic carbocycles. The third-order valence-electron chi connectivity index (χ3n) is 4.19. The Kier molecular flexibility index (Phi) is 5.15. The highest BCUT2D eigenvalue weighted by molar-refractivity contribution is 6.34. The Morgan fingerprint density at radius 1 is 1.33 bits per heavy atom. The topological polar surface area (TPSA) is 52.6 Å². The molecule has 6 heteroatoms. The third-order valence-corrected chi connectivity index (χ3v) is 4.62. The molecule has 0 saturated heterocycles. The zero-order valence-corrected chi connectivity index (χ0v) is 13.7. The highest BCUT2D eigenvalue weighted by atomic mass is 35.5. The van der Waals surface area contributed by atoms with Gasteiger partial charge in [0.1, 0.15) is 0 Å². The molecule has 1 fully saturated rings. The number of aliphatic hydroxyl groups excluding tert-OH is 1. The van der Waals surface area contributed by atoms with E-state index in [2.05, 4.69) is 5.32 Å². The van der Waals surface area contributed by atoms with Crippen molar-refractivity contribution < 1.29 is 9.90 Å². The van der Waals surface area contributed by atoms with Crippen LogP contribution in [0.15, 0.2) is 18.2 Å². The lowest BCUT2D eigenvalue weighted by Gasteiger charge is -2.45. The maximum absolute atomic E-state index is 12.3. The zero-order valence-electron chi connectivity index (χ0n) is 12.2. The van der Waals surface area contributed by atoms with Crippen LogP contribution in [-0.2, 0) is 4.79 Å². The Hall–Kier alpha value is -0.810. The number of nitrogens with zero attached hydrogens (tertiary/aromatic N) is 1. The summed E-state index contributed by atoms with van der Waals surface area (Å²) in [6.45, 7) is 0.144. The van der Waals surface area contributed by atoms with Crippen LogP contribution in [0.2, 0.25) is 10.0 Å². The molecule has 0 spiro atoms. The first-order chi connectivity index (χ1) is 9.85. The molecular weight excluding hydrogens is 311 g/mol. The maximum atomic E-state index is 12.3. The SMILES string of the molecule is CN(C)C1(C(=O)NCC(O)c2cc(Cl)cc(Cl)c2)CCC1. The van der Waals surface area contributed by atoms with E-state index in [9.17, 15) is 9.90 Å². The molecule has 4 nitrogen and oxygen atoms in total. The highest BCUT2D eigenvalue weighted by Crippen LogP contribution is 2.36. The van der Waals surface area contributed by atoms with Gasteiger partial charge in [0.15, 0.2) is 0 Å². The largest absolute Gasteiger partial charge is 0.387 e. The zero-order chi connectivity index (χ0) is 15.6. The van der Waals surface area contributed by atoms with Crippen LogP contribution in [0.4, 0.5) is 0 Å². The van der Waals surface area contributed by atoms with Crippen LogP contribution < -0.4 is 5.32 Å². The van der Waals surface area contributed by atoms with Crippen molar-refractivity contribution >= 4 is 29.1 Å². The Morgan fingerprint density at radius 2 is 1.90 bits per heavy atom. The van der Waals surface area contributed by atoms with Crippen molar-refractivity contribution in [3.05, 3.63) is 33.8 Å². The first-order valence-corrected chi connectivity index (χ1v) is 7.70. The van der Waals surface area contributed by atoms with Gasteiger partial charge in [-0.2, -0.15) is 0 Å². The summed E-state index contributed by atoms with van der Waals surface area (Å²) in [7, 11) is 3.82. The number of hydrogen-bond acceptors (Lipinski definition) is 3. The van der Waals surface area contributed by atoms with E-state index < -0.39 is 11.6 Å². The van der Waals surface area contributed by atoms with Crippen molar-refractivity contribution in [1.29, 1.82) is 0 Å². The van der Waals surface area contributed by atoms with Crippen molar-refractivity contribution in [3.63, 3.8) is 0 Å². The lowest BCUT2D eigenvalue weighted by Crippen LogP contribution is -2.60. The molecule has 1 atom stereocenters. The van der Waals surface area contributed by atoms with Crippen LogP contribution in [0.5, 0.6) is 0 Å². The molecule has 1 aromatic rings. The van der Waals surface area contributed by atoms with Gasteiger partial charge in [0.05, 0.1) is 11.6 Å². The number of amides is 1. The fraction of sp³-hybridized carbons (Fsp3) is 0.533. The predicted molar refractivity (Wildman–Crippen MR) is 84.7 cm³/mol. The summed E-state index contributed by atoms with van der Waals surface area (Å²) in [5, 5.41) is 13.9. The number of rotatable bonds is 5. The number of likely N-dealkylation sites (N-methyl/N-ethyl adjacent to an activating group) is 1. The van der Waals surface area contributed by atoms with Gasteiger partial charge in [-0.3, -0.25) is 9.69 Å². The van der Waals surface area contributed by atoms with E-state index in [0.29, 0.717) is 15.6 Å². The summed E-state index contributed by atoms with van der Waals surface area (Å²) >= 11 is 11.8. The number of halogens is 2. The number of hydrogen-bond donors (Lipinski definition) is 2. The van der Waals surface area contributed by atoms with Crippen LogP contribution in [0, 0.1) is 0 Å². The van der Waals surface area contributed by atoms with Crippen molar-refractivity contribution in [2.24, 2.45) is 0 Å². The van der Waals surface area contributed by atoms with Crippen LogP contribution in [0.3, 0.4) is 0 Å². The molecule has 0 heterocycles. The second kappa shape index (κ2) is 6.53. The van der Waals surface area contributed by atoms with E-state index in [4.69, 9.17) is 23.2 Å². The van der Waals surface area contributed by atoms with Crippen molar-refractivity contribution in [2.75, 3.05) is 20.6 Å². The van der Waals surface area contributed by atoms with Gasteiger partial charge in [-0.05, 0) is 57.1 Å². The van der Waals surface area contributed by atoms with Gasteiger partial charge in [0.2, 0.25) is 5.91 Å². The van der Waals surface area contributed by atoms with Crippen molar-refractivity contribution in [1.82, 2.24) is 10.2 Å². The number of benzene rings is 1. The van der Waals surface area contributed by atoms with Gasteiger partial charge < -0.3 is 10.4 Å². The van der Waals surface area contributed by atoms with E-state index in [1.807, 2.05) is 19.0 Å². The van der Waals surface area contributed by atoms with E-state index in [1.165, 1.54) is 0 Å². The molecule has 1 unspecified atom stereocenters. The molecule has 2 rings (SSSR count). The summed E-state index contributed by atoms with van der Waals surface area (Å²) < 4.78 is 0. The number of nitrogens with one attached hydrogen (secondary N) is 1.